The van der Waals surface area contributed by atoms with E-state index in [9.17, 15) is 4.79 Å². The number of hydrogen-bond acceptors (Lipinski definition) is 2. The Balaban J connectivity index is 3.07. The summed E-state index contributed by atoms with van der Waals surface area (Å²) in [5, 5.41) is 8.53. The lowest BCUT2D eigenvalue weighted by Crippen LogP contribution is -1.96. The number of unbranched alkanes of at least 4 members (excludes halogenated alkanes) is 10. The molecule has 0 atom stereocenters. The maximum absolute atomic E-state index is 10.3. The Kier molecular flexibility index (Phi) is 18.5. The molecule has 1 N–H and O–H groups in total. The maximum atomic E-state index is 10.3. The standard InChI is InChI=1S/C20H38O3/c1-2-3-4-5-9-12-15-18-23-19-16-13-10-7-6-8-11-14-17-20(21)22/h10,13H,2-9,11-12,14-19H2,1H3,(H,21,22)/b13-10-. The van der Waals surface area contributed by atoms with Crippen LogP contribution < -0.4 is 0 Å². The second kappa shape index (κ2) is 19.2. The largest absolute Gasteiger partial charge is 0.481 e. The highest BCUT2D eigenvalue weighted by Gasteiger charge is 1.95. The average Bonchev–Trinajstić information content (AvgIpc) is 2.53. The van der Waals surface area contributed by atoms with Crippen LogP contribution in [0.15, 0.2) is 12.2 Å². The lowest BCUT2D eigenvalue weighted by molar-refractivity contribution is -0.137. The second-order valence-corrected chi connectivity index (χ2v) is 6.34. The molecule has 0 radical (unpaired) electrons. The minimum absolute atomic E-state index is 0.311. The minimum Gasteiger partial charge on any atom is -0.481 e. The fourth-order valence-corrected chi connectivity index (χ4v) is 2.54. The van der Waals surface area contributed by atoms with Gasteiger partial charge in [-0.1, -0.05) is 70.4 Å². The van der Waals surface area contributed by atoms with Gasteiger partial charge in [0.15, 0.2) is 0 Å². The highest BCUT2D eigenvalue weighted by molar-refractivity contribution is 5.66. The number of rotatable bonds is 18. The Morgan fingerprint density at radius 3 is 2.13 bits per heavy atom. The van der Waals surface area contributed by atoms with E-state index in [0.29, 0.717) is 6.42 Å². The first kappa shape index (κ1) is 22.2. The van der Waals surface area contributed by atoms with Gasteiger partial charge in [-0.2, -0.15) is 0 Å². The summed E-state index contributed by atoms with van der Waals surface area (Å²) in [7, 11) is 0. The Morgan fingerprint density at radius 1 is 0.783 bits per heavy atom. The molecule has 0 bridgehead atoms. The number of aliphatic carboxylic acids is 1. The molecule has 0 spiro atoms. The van der Waals surface area contributed by atoms with E-state index in [1.165, 1.54) is 44.9 Å². The Hall–Kier alpha value is -0.830. The summed E-state index contributed by atoms with van der Waals surface area (Å²) in [6.45, 7) is 4.00. The van der Waals surface area contributed by atoms with Gasteiger partial charge in [-0.05, 0) is 32.1 Å². The summed E-state index contributed by atoms with van der Waals surface area (Å²) in [6, 6.07) is 0. The van der Waals surface area contributed by atoms with E-state index in [0.717, 1.165) is 51.7 Å². The average molecular weight is 327 g/mol. The zero-order chi connectivity index (χ0) is 17.0. The highest BCUT2D eigenvalue weighted by atomic mass is 16.5. The number of ether oxygens (including phenoxy) is 1. The van der Waals surface area contributed by atoms with Gasteiger partial charge < -0.3 is 9.84 Å². The van der Waals surface area contributed by atoms with Crippen LogP contribution in [-0.4, -0.2) is 24.3 Å². The van der Waals surface area contributed by atoms with E-state index < -0.39 is 5.97 Å². The quantitative estimate of drug-likeness (QED) is 0.243. The van der Waals surface area contributed by atoms with Crippen LogP contribution in [0.25, 0.3) is 0 Å². The van der Waals surface area contributed by atoms with Crippen molar-refractivity contribution in [3.05, 3.63) is 12.2 Å². The normalized spacial score (nSPS) is 11.3. The fraction of sp³-hybridized carbons (Fsp3) is 0.850. The van der Waals surface area contributed by atoms with Crippen LogP contribution in [0.2, 0.25) is 0 Å². The first-order valence-electron chi connectivity index (χ1n) is 9.72. The van der Waals surface area contributed by atoms with Crippen molar-refractivity contribution in [1.29, 1.82) is 0 Å². The molecule has 23 heavy (non-hydrogen) atoms. The Morgan fingerprint density at radius 2 is 1.39 bits per heavy atom. The number of allylic oxidation sites excluding steroid dienone is 1. The van der Waals surface area contributed by atoms with Crippen LogP contribution in [0.4, 0.5) is 0 Å². The van der Waals surface area contributed by atoms with Crippen LogP contribution in [0, 0.1) is 0 Å². The summed E-state index contributed by atoms with van der Waals surface area (Å²) in [5.41, 5.74) is 0. The smallest absolute Gasteiger partial charge is 0.303 e. The molecule has 0 aliphatic carbocycles. The fourth-order valence-electron chi connectivity index (χ4n) is 2.54. The SMILES string of the molecule is CCCCCCCCCOCC/C=C\CCCCCCC(=O)O. The Labute approximate surface area is 143 Å². The van der Waals surface area contributed by atoms with E-state index >= 15 is 0 Å². The molecule has 0 heterocycles. The lowest BCUT2D eigenvalue weighted by atomic mass is 10.1. The molecular formula is C20H38O3. The predicted octanol–water partition coefficient (Wildman–Crippen LogP) is 6.13. The zero-order valence-electron chi connectivity index (χ0n) is 15.2. The van der Waals surface area contributed by atoms with Crippen molar-refractivity contribution >= 4 is 5.97 Å². The number of carboxylic acid groups (broad SMARTS) is 1. The topological polar surface area (TPSA) is 46.5 Å². The molecule has 0 aliphatic heterocycles. The first-order valence-corrected chi connectivity index (χ1v) is 9.72. The molecule has 0 saturated carbocycles. The van der Waals surface area contributed by atoms with Gasteiger partial charge in [0.05, 0.1) is 6.61 Å². The second-order valence-electron chi connectivity index (χ2n) is 6.34. The van der Waals surface area contributed by atoms with Gasteiger partial charge >= 0.3 is 5.97 Å². The van der Waals surface area contributed by atoms with Crippen molar-refractivity contribution in [3.63, 3.8) is 0 Å². The third-order valence-electron chi connectivity index (χ3n) is 4.00. The van der Waals surface area contributed by atoms with Gasteiger partial charge in [-0.25, -0.2) is 0 Å². The first-order chi connectivity index (χ1) is 11.3. The van der Waals surface area contributed by atoms with Gasteiger partial charge in [0, 0.05) is 13.0 Å². The van der Waals surface area contributed by atoms with Gasteiger partial charge in [0.2, 0.25) is 0 Å². The summed E-state index contributed by atoms with van der Waals surface area (Å²) >= 11 is 0. The molecule has 0 rings (SSSR count). The van der Waals surface area contributed by atoms with Crippen LogP contribution >= 0.6 is 0 Å². The monoisotopic (exact) mass is 326 g/mol. The van der Waals surface area contributed by atoms with Crippen LogP contribution in [-0.2, 0) is 9.53 Å². The van der Waals surface area contributed by atoms with Crippen molar-refractivity contribution in [2.45, 2.75) is 96.8 Å². The number of carboxylic acids is 1. The van der Waals surface area contributed by atoms with Gasteiger partial charge in [0.1, 0.15) is 0 Å². The van der Waals surface area contributed by atoms with Gasteiger partial charge in [-0.15, -0.1) is 0 Å². The summed E-state index contributed by atoms with van der Waals surface area (Å²) in [5.74, 6) is -0.679. The summed E-state index contributed by atoms with van der Waals surface area (Å²) in [4.78, 5) is 10.3. The predicted molar refractivity (Wildman–Crippen MR) is 97.9 cm³/mol. The van der Waals surface area contributed by atoms with Crippen molar-refractivity contribution in [2.75, 3.05) is 13.2 Å². The van der Waals surface area contributed by atoms with Crippen molar-refractivity contribution in [3.8, 4) is 0 Å². The van der Waals surface area contributed by atoms with Crippen molar-refractivity contribution in [2.24, 2.45) is 0 Å². The molecule has 0 saturated heterocycles. The van der Waals surface area contributed by atoms with Crippen molar-refractivity contribution in [1.82, 2.24) is 0 Å². The molecule has 0 aliphatic rings. The third kappa shape index (κ3) is 21.2. The van der Waals surface area contributed by atoms with Crippen molar-refractivity contribution < 1.29 is 14.6 Å². The highest BCUT2D eigenvalue weighted by Crippen LogP contribution is 2.07. The molecule has 3 nitrogen and oxygen atoms in total. The zero-order valence-corrected chi connectivity index (χ0v) is 15.2. The van der Waals surface area contributed by atoms with Gasteiger partial charge in [-0.3, -0.25) is 4.79 Å². The van der Waals surface area contributed by atoms with Crippen LogP contribution in [0.3, 0.4) is 0 Å². The van der Waals surface area contributed by atoms with E-state index in [2.05, 4.69) is 19.1 Å². The Bertz CT molecular complexity index is 274. The lowest BCUT2D eigenvalue weighted by Gasteiger charge is -2.03. The molecule has 136 valence electrons. The molecule has 0 aromatic rings. The van der Waals surface area contributed by atoms with E-state index in [1.54, 1.807) is 0 Å². The van der Waals surface area contributed by atoms with E-state index in [-0.39, 0.29) is 0 Å². The molecule has 0 unspecified atom stereocenters. The molecule has 0 aromatic heterocycles. The van der Waals surface area contributed by atoms with E-state index in [4.69, 9.17) is 9.84 Å². The van der Waals surface area contributed by atoms with Crippen LogP contribution in [0.5, 0.6) is 0 Å². The minimum atomic E-state index is -0.679. The summed E-state index contributed by atoms with van der Waals surface area (Å²) < 4.78 is 5.64. The van der Waals surface area contributed by atoms with Crippen LogP contribution in [0.1, 0.15) is 96.8 Å². The molecule has 0 aromatic carbocycles. The summed E-state index contributed by atoms with van der Waals surface area (Å²) in [6.07, 6.45) is 20.3. The van der Waals surface area contributed by atoms with E-state index in [1.807, 2.05) is 0 Å². The van der Waals surface area contributed by atoms with Gasteiger partial charge in [0.25, 0.3) is 0 Å². The molecular weight excluding hydrogens is 288 g/mol. The number of carbonyl (C=O) groups is 1. The molecule has 0 fully saturated rings. The number of hydrogen-bond donors (Lipinski definition) is 1. The molecule has 0 amide bonds. The third-order valence-corrected chi connectivity index (χ3v) is 4.00. The maximum Gasteiger partial charge on any atom is 0.303 e. The molecule has 3 heteroatoms.